The maximum Gasteiger partial charge on any atom is 0.225 e. The Morgan fingerprint density at radius 2 is 1.94 bits per heavy atom. The van der Waals surface area contributed by atoms with Crippen LogP contribution in [0, 0.1) is 5.92 Å². The van der Waals surface area contributed by atoms with E-state index in [-0.39, 0.29) is 29.9 Å². The first kappa shape index (κ1) is 22.3. The summed E-state index contributed by atoms with van der Waals surface area (Å²) in [7, 11) is 3.69. The van der Waals surface area contributed by atoms with Crippen molar-refractivity contribution in [2.75, 3.05) is 33.4 Å². The number of hydrogen-bond acceptors (Lipinski definition) is 4. The number of rotatable bonds is 5. The Balaban J connectivity index is 1.62. The lowest BCUT2D eigenvalue weighted by Crippen LogP contribution is -2.56. The second kappa shape index (κ2) is 8.35. The number of ether oxygens (including phenoxy) is 1. The third-order valence-corrected chi connectivity index (χ3v) is 8.06. The maximum atomic E-state index is 13.2. The first-order chi connectivity index (χ1) is 15.9. The molecule has 178 valence electrons. The summed E-state index contributed by atoms with van der Waals surface area (Å²) in [5.41, 5.74) is 3.11. The molecule has 3 aliphatic rings. The van der Waals surface area contributed by atoms with Crippen LogP contribution >= 0.6 is 0 Å². The van der Waals surface area contributed by atoms with Crippen molar-refractivity contribution in [3.8, 4) is 5.75 Å². The van der Waals surface area contributed by atoms with Gasteiger partial charge < -0.3 is 24.2 Å². The normalized spacial score (nSPS) is 22.0. The van der Waals surface area contributed by atoms with Gasteiger partial charge in [0.1, 0.15) is 5.75 Å². The highest BCUT2D eigenvalue weighted by Crippen LogP contribution is 2.50. The second-order valence-corrected chi connectivity index (χ2v) is 10.1. The molecule has 5 rings (SSSR count). The number of benzene rings is 1. The Morgan fingerprint density at radius 3 is 2.55 bits per heavy atom. The van der Waals surface area contributed by atoms with E-state index < -0.39 is 0 Å². The van der Waals surface area contributed by atoms with Crippen LogP contribution < -0.4 is 4.74 Å². The second-order valence-electron chi connectivity index (χ2n) is 10.1. The van der Waals surface area contributed by atoms with E-state index in [0.29, 0.717) is 18.9 Å². The van der Waals surface area contributed by atoms with E-state index in [2.05, 4.69) is 10.6 Å². The molecular weight excluding hydrogens is 418 g/mol. The number of carbonyl (C=O) groups is 2. The van der Waals surface area contributed by atoms with Gasteiger partial charge in [-0.1, -0.05) is 6.92 Å². The number of carbonyl (C=O) groups excluding carboxylic acids is 2. The number of amides is 2. The molecule has 0 radical (unpaired) electrons. The summed E-state index contributed by atoms with van der Waals surface area (Å²) in [6.07, 6.45) is 4.96. The van der Waals surface area contributed by atoms with Gasteiger partial charge in [0, 0.05) is 61.6 Å². The first-order valence-electron chi connectivity index (χ1n) is 12.3. The van der Waals surface area contributed by atoms with Gasteiger partial charge in [0.25, 0.3) is 0 Å². The molecule has 2 amide bonds. The van der Waals surface area contributed by atoms with E-state index >= 15 is 0 Å². The van der Waals surface area contributed by atoms with Gasteiger partial charge in [0.2, 0.25) is 11.8 Å². The van der Waals surface area contributed by atoms with E-state index in [4.69, 9.17) is 4.74 Å². The van der Waals surface area contributed by atoms with Gasteiger partial charge in [-0.2, -0.15) is 0 Å². The molecule has 3 heterocycles. The minimum Gasteiger partial charge on any atom is -0.497 e. The summed E-state index contributed by atoms with van der Waals surface area (Å²) in [4.78, 5) is 29.9. The van der Waals surface area contributed by atoms with Crippen LogP contribution in [0.3, 0.4) is 0 Å². The lowest BCUT2D eigenvalue weighted by Gasteiger charge is -2.50. The number of aliphatic hydroxyl groups excluding tert-OH is 1. The van der Waals surface area contributed by atoms with Crippen LogP contribution in [0.4, 0.5) is 0 Å². The lowest BCUT2D eigenvalue weighted by atomic mass is 9.68. The van der Waals surface area contributed by atoms with Crippen molar-refractivity contribution in [1.82, 2.24) is 14.4 Å². The van der Waals surface area contributed by atoms with Crippen molar-refractivity contribution < 1.29 is 19.4 Å². The summed E-state index contributed by atoms with van der Waals surface area (Å²) in [6.45, 7) is 3.96. The molecule has 2 aromatic rings. The molecule has 1 N–H and O–H groups in total. The molecule has 1 aliphatic carbocycles. The quantitative estimate of drug-likeness (QED) is 0.755. The number of aliphatic hydroxyl groups is 1. The van der Waals surface area contributed by atoms with Crippen molar-refractivity contribution in [2.45, 2.75) is 56.9 Å². The number of fused-ring (bicyclic) bond motifs is 4. The summed E-state index contributed by atoms with van der Waals surface area (Å²) in [5.74, 6) is 1.42. The Labute approximate surface area is 195 Å². The fourth-order valence-electron chi connectivity index (χ4n) is 6.13. The Morgan fingerprint density at radius 1 is 1.21 bits per heavy atom. The van der Waals surface area contributed by atoms with Crippen molar-refractivity contribution in [3.05, 3.63) is 29.5 Å². The highest BCUT2D eigenvalue weighted by molar-refractivity contribution is 5.90. The van der Waals surface area contributed by atoms with Crippen LogP contribution in [0.1, 0.15) is 62.7 Å². The first-order valence-corrected chi connectivity index (χ1v) is 12.3. The number of aryl methyl sites for hydroxylation is 1. The molecule has 1 aromatic carbocycles. The number of piperidine rings is 1. The van der Waals surface area contributed by atoms with Crippen molar-refractivity contribution in [3.63, 3.8) is 0 Å². The predicted molar refractivity (Wildman–Crippen MR) is 126 cm³/mol. The summed E-state index contributed by atoms with van der Waals surface area (Å²) in [6, 6.07) is 5.79. The Bertz CT molecular complexity index is 1080. The number of aromatic nitrogens is 1. The molecule has 0 unspecified atom stereocenters. The standard InChI is InChI=1S/C26H35N3O4/c1-4-5-22(31)29-16-26(10-12-28(13-11-26)25(32)17-6-7-17)23-19-9-8-18(33-3)14-20(19)27(2)24(23)21(29)15-30/h8-9,14,17,21,30H,4-7,10-13,15-16H2,1-3H3/t21-/m1/s1. The number of methoxy groups -OCH3 is 1. The van der Waals surface area contributed by atoms with Crippen molar-refractivity contribution >= 4 is 22.7 Å². The van der Waals surface area contributed by atoms with Gasteiger partial charge >= 0.3 is 0 Å². The van der Waals surface area contributed by atoms with Crippen molar-refractivity contribution in [1.29, 1.82) is 0 Å². The van der Waals surface area contributed by atoms with Crippen LogP contribution in [0.5, 0.6) is 5.75 Å². The fourth-order valence-corrected chi connectivity index (χ4v) is 6.13. The molecule has 2 aliphatic heterocycles. The lowest BCUT2D eigenvalue weighted by molar-refractivity contribution is -0.139. The van der Waals surface area contributed by atoms with Gasteiger partial charge in [-0.15, -0.1) is 0 Å². The number of nitrogens with zero attached hydrogens (tertiary/aromatic N) is 3. The largest absolute Gasteiger partial charge is 0.497 e. The zero-order valence-corrected chi connectivity index (χ0v) is 20.0. The summed E-state index contributed by atoms with van der Waals surface area (Å²) >= 11 is 0. The van der Waals surface area contributed by atoms with Gasteiger partial charge in [0.15, 0.2) is 0 Å². The van der Waals surface area contributed by atoms with Gasteiger partial charge in [0.05, 0.1) is 25.3 Å². The molecule has 33 heavy (non-hydrogen) atoms. The number of hydrogen-bond donors (Lipinski definition) is 1. The molecule has 7 nitrogen and oxygen atoms in total. The van der Waals surface area contributed by atoms with Crippen LogP contribution in [0.15, 0.2) is 18.2 Å². The molecule has 1 saturated carbocycles. The molecule has 1 saturated heterocycles. The van der Waals surface area contributed by atoms with E-state index in [0.717, 1.165) is 67.5 Å². The third-order valence-electron chi connectivity index (χ3n) is 8.06. The van der Waals surface area contributed by atoms with Gasteiger partial charge in [-0.25, -0.2) is 0 Å². The molecule has 1 spiro atoms. The van der Waals surface area contributed by atoms with Crippen LogP contribution in [0.2, 0.25) is 0 Å². The summed E-state index contributed by atoms with van der Waals surface area (Å²) in [5, 5.41) is 11.6. The average Bonchev–Trinajstić information content (AvgIpc) is 3.64. The van der Waals surface area contributed by atoms with Crippen LogP contribution in [-0.4, -0.2) is 64.6 Å². The monoisotopic (exact) mass is 453 g/mol. The molecule has 0 bridgehead atoms. The average molecular weight is 454 g/mol. The van der Waals surface area contributed by atoms with Crippen LogP contribution in [0.25, 0.3) is 10.9 Å². The summed E-state index contributed by atoms with van der Waals surface area (Å²) < 4.78 is 7.63. The van der Waals surface area contributed by atoms with E-state index in [9.17, 15) is 14.7 Å². The van der Waals surface area contributed by atoms with E-state index in [1.165, 1.54) is 5.56 Å². The minimum atomic E-state index is -0.362. The Hall–Kier alpha value is -2.54. The molecule has 2 fully saturated rings. The molecule has 1 atom stereocenters. The highest BCUT2D eigenvalue weighted by Gasteiger charge is 2.50. The fraction of sp³-hybridized carbons (Fsp3) is 0.615. The Kier molecular flexibility index (Phi) is 5.63. The number of likely N-dealkylation sites (tertiary alicyclic amines) is 1. The molecular formula is C26H35N3O4. The highest BCUT2D eigenvalue weighted by atomic mass is 16.5. The SMILES string of the molecule is CCCC(=O)N1CC2(CCN(C(=O)C3CC3)CC2)c2c(n(C)c3cc(OC)ccc23)[C@H]1CO. The maximum absolute atomic E-state index is 13.2. The van der Waals surface area contributed by atoms with E-state index in [1.807, 2.05) is 35.9 Å². The molecule has 1 aromatic heterocycles. The third kappa shape index (κ3) is 3.52. The van der Waals surface area contributed by atoms with Gasteiger partial charge in [-0.3, -0.25) is 9.59 Å². The smallest absolute Gasteiger partial charge is 0.225 e. The predicted octanol–water partition coefficient (Wildman–Crippen LogP) is 3.13. The topological polar surface area (TPSA) is 75.0 Å². The zero-order valence-electron chi connectivity index (χ0n) is 20.0. The minimum absolute atomic E-state index is 0.0981. The molecule has 7 heteroatoms. The van der Waals surface area contributed by atoms with Crippen molar-refractivity contribution in [2.24, 2.45) is 13.0 Å². The zero-order chi connectivity index (χ0) is 23.3. The van der Waals surface area contributed by atoms with Gasteiger partial charge in [-0.05, 0) is 49.8 Å². The van der Waals surface area contributed by atoms with Crippen LogP contribution in [-0.2, 0) is 22.1 Å². The van der Waals surface area contributed by atoms with E-state index in [1.54, 1.807) is 7.11 Å².